The number of hydrogen-bond acceptors (Lipinski definition) is 2. The molecule has 0 radical (unpaired) electrons. The molecule has 0 bridgehead atoms. The van der Waals surface area contributed by atoms with E-state index in [0.717, 1.165) is 35.9 Å². The van der Waals surface area contributed by atoms with Gasteiger partial charge in [0.05, 0.1) is 13.0 Å². The number of unbranched alkanes of at least 4 members (excludes halogenated alkanes) is 1. The Balaban J connectivity index is 1.74. The van der Waals surface area contributed by atoms with Gasteiger partial charge < -0.3 is 15.0 Å². The Hall–Kier alpha value is -1.81. The lowest BCUT2D eigenvalue weighted by Crippen LogP contribution is -2.28. The fourth-order valence-corrected chi connectivity index (χ4v) is 2.12. The zero-order valence-electron chi connectivity index (χ0n) is 11.9. The van der Waals surface area contributed by atoms with Gasteiger partial charge in [-0.1, -0.05) is 31.5 Å². The fraction of sp³-hybridized carbons (Fsp3) is 0.438. The quantitative estimate of drug-likeness (QED) is 0.727. The Morgan fingerprint density at radius 3 is 3.00 bits per heavy atom. The summed E-state index contributed by atoms with van der Waals surface area (Å²) in [5, 5.41) is 4.00. The summed E-state index contributed by atoms with van der Waals surface area (Å²) in [7, 11) is 0. The Kier molecular flexibility index (Phi) is 5.62. The van der Waals surface area contributed by atoms with E-state index in [1.807, 2.05) is 30.5 Å². The van der Waals surface area contributed by atoms with Crippen molar-refractivity contribution in [2.75, 3.05) is 19.8 Å². The maximum Gasteiger partial charge on any atom is 0.224 e. The van der Waals surface area contributed by atoms with Crippen LogP contribution < -0.4 is 5.32 Å². The summed E-state index contributed by atoms with van der Waals surface area (Å²) in [5.74, 6) is 0.0360. The average molecular weight is 274 g/mol. The third kappa shape index (κ3) is 4.10. The summed E-state index contributed by atoms with van der Waals surface area (Å²) in [6.45, 7) is 4.06. The highest BCUT2D eigenvalue weighted by molar-refractivity contribution is 5.88. The van der Waals surface area contributed by atoms with Crippen molar-refractivity contribution in [3.05, 3.63) is 36.0 Å². The highest BCUT2D eigenvalue weighted by Gasteiger charge is 2.07. The molecule has 0 unspecified atom stereocenters. The maximum absolute atomic E-state index is 11.9. The number of benzene rings is 1. The van der Waals surface area contributed by atoms with E-state index in [1.165, 1.54) is 0 Å². The number of ether oxygens (including phenoxy) is 1. The molecule has 2 aromatic rings. The largest absolute Gasteiger partial charge is 0.380 e. The van der Waals surface area contributed by atoms with E-state index in [2.05, 4.69) is 17.2 Å². The molecule has 0 aliphatic carbocycles. The first-order valence-electron chi connectivity index (χ1n) is 7.20. The molecule has 1 aromatic heterocycles. The molecule has 2 N–H and O–H groups in total. The number of aromatic nitrogens is 1. The molecule has 2 rings (SSSR count). The number of aromatic amines is 1. The first kappa shape index (κ1) is 14.6. The zero-order valence-corrected chi connectivity index (χ0v) is 11.9. The van der Waals surface area contributed by atoms with Gasteiger partial charge in [-0.25, -0.2) is 0 Å². The Bertz CT molecular complexity index is 548. The standard InChI is InChI=1S/C16H22N2O2/c1-2-3-9-20-10-8-17-16(19)11-13-12-18-15-7-5-4-6-14(13)15/h4-7,12,18H,2-3,8-11H2,1H3,(H,17,19). The lowest BCUT2D eigenvalue weighted by Gasteiger charge is -2.05. The number of fused-ring (bicyclic) bond motifs is 1. The van der Waals surface area contributed by atoms with E-state index in [1.54, 1.807) is 0 Å². The van der Waals surface area contributed by atoms with Crippen LogP contribution in [0, 0.1) is 0 Å². The summed E-state index contributed by atoms with van der Waals surface area (Å²) >= 11 is 0. The molecule has 1 heterocycles. The van der Waals surface area contributed by atoms with E-state index in [-0.39, 0.29) is 5.91 Å². The Morgan fingerprint density at radius 2 is 2.15 bits per heavy atom. The van der Waals surface area contributed by atoms with Crippen LogP contribution in [0.15, 0.2) is 30.5 Å². The number of hydrogen-bond donors (Lipinski definition) is 2. The van der Waals surface area contributed by atoms with Gasteiger partial charge in [-0.05, 0) is 18.1 Å². The lowest BCUT2D eigenvalue weighted by atomic mass is 10.1. The third-order valence-corrected chi connectivity index (χ3v) is 3.24. The van der Waals surface area contributed by atoms with Crippen molar-refractivity contribution in [1.82, 2.24) is 10.3 Å². The predicted octanol–water partition coefficient (Wildman–Crippen LogP) is 2.64. The summed E-state index contributed by atoms with van der Waals surface area (Å²) < 4.78 is 5.41. The van der Waals surface area contributed by atoms with E-state index in [4.69, 9.17) is 4.74 Å². The molecule has 108 valence electrons. The van der Waals surface area contributed by atoms with Gasteiger partial charge in [-0.3, -0.25) is 4.79 Å². The molecule has 4 nitrogen and oxygen atoms in total. The lowest BCUT2D eigenvalue weighted by molar-refractivity contribution is -0.120. The first-order chi connectivity index (χ1) is 9.81. The summed E-state index contributed by atoms with van der Waals surface area (Å²) in [6, 6.07) is 8.01. The van der Waals surface area contributed by atoms with Crippen molar-refractivity contribution < 1.29 is 9.53 Å². The van der Waals surface area contributed by atoms with E-state index < -0.39 is 0 Å². The monoisotopic (exact) mass is 274 g/mol. The highest BCUT2D eigenvalue weighted by Crippen LogP contribution is 2.17. The van der Waals surface area contributed by atoms with Gasteiger partial charge in [0.25, 0.3) is 0 Å². The predicted molar refractivity (Wildman–Crippen MR) is 80.7 cm³/mol. The van der Waals surface area contributed by atoms with Crippen molar-refractivity contribution in [3.63, 3.8) is 0 Å². The van der Waals surface area contributed by atoms with Crippen LogP contribution in [0.1, 0.15) is 25.3 Å². The molecule has 4 heteroatoms. The van der Waals surface area contributed by atoms with Crippen molar-refractivity contribution in [3.8, 4) is 0 Å². The minimum atomic E-state index is 0.0360. The molecular formula is C16H22N2O2. The number of carbonyl (C=O) groups is 1. The Morgan fingerprint density at radius 1 is 1.30 bits per heavy atom. The number of nitrogens with one attached hydrogen (secondary N) is 2. The van der Waals surface area contributed by atoms with Crippen LogP contribution in [0.4, 0.5) is 0 Å². The summed E-state index contributed by atoms with van der Waals surface area (Å²) in [6.07, 6.45) is 4.51. The zero-order chi connectivity index (χ0) is 14.2. The van der Waals surface area contributed by atoms with Gasteiger partial charge in [0.2, 0.25) is 5.91 Å². The minimum absolute atomic E-state index is 0.0360. The summed E-state index contributed by atoms with van der Waals surface area (Å²) in [5.41, 5.74) is 2.10. The van der Waals surface area contributed by atoms with Crippen LogP contribution in [0.2, 0.25) is 0 Å². The van der Waals surface area contributed by atoms with Gasteiger partial charge in [0.15, 0.2) is 0 Å². The third-order valence-electron chi connectivity index (χ3n) is 3.24. The van der Waals surface area contributed by atoms with Crippen LogP contribution in [0.5, 0.6) is 0 Å². The van der Waals surface area contributed by atoms with Gasteiger partial charge >= 0.3 is 0 Å². The molecule has 1 aromatic carbocycles. The number of rotatable bonds is 8. The van der Waals surface area contributed by atoms with Crippen LogP contribution >= 0.6 is 0 Å². The fourth-order valence-electron chi connectivity index (χ4n) is 2.12. The van der Waals surface area contributed by atoms with Gasteiger partial charge in [0.1, 0.15) is 0 Å². The number of carbonyl (C=O) groups excluding carboxylic acids is 1. The topological polar surface area (TPSA) is 54.1 Å². The number of amides is 1. The van der Waals surface area contributed by atoms with Crippen LogP contribution in [0.3, 0.4) is 0 Å². The van der Waals surface area contributed by atoms with E-state index in [0.29, 0.717) is 19.6 Å². The molecule has 1 amide bonds. The minimum Gasteiger partial charge on any atom is -0.380 e. The average Bonchev–Trinajstić information content (AvgIpc) is 2.86. The number of para-hydroxylation sites is 1. The molecule has 0 saturated carbocycles. The van der Waals surface area contributed by atoms with Crippen molar-refractivity contribution >= 4 is 16.8 Å². The van der Waals surface area contributed by atoms with Crippen LogP contribution in [0.25, 0.3) is 10.9 Å². The second kappa shape index (κ2) is 7.70. The molecule has 0 atom stereocenters. The molecule has 0 aliphatic rings. The summed E-state index contributed by atoms with van der Waals surface area (Å²) in [4.78, 5) is 15.0. The smallest absolute Gasteiger partial charge is 0.224 e. The highest BCUT2D eigenvalue weighted by atomic mass is 16.5. The Labute approximate surface area is 119 Å². The molecule has 0 aliphatic heterocycles. The normalized spacial score (nSPS) is 10.8. The maximum atomic E-state index is 11.9. The van der Waals surface area contributed by atoms with Gasteiger partial charge in [0, 0.05) is 30.3 Å². The SMILES string of the molecule is CCCCOCCNC(=O)Cc1c[nH]c2ccccc12. The molecule has 0 saturated heterocycles. The van der Waals surface area contributed by atoms with Gasteiger partial charge in [-0.2, -0.15) is 0 Å². The second-order valence-corrected chi connectivity index (χ2v) is 4.85. The van der Waals surface area contributed by atoms with Crippen LogP contribution in [-0.2, 0) is 16.0 Å². The van der Waals surface area contributed by atoms with Crippen molar-refractivity contribution in [1.29, 1.82) is 0 Å². The molecular weight excluding hydrogens is 252 g/mol. The first-order valence-corrected chi connectivity index (χ1v) is 7.20. The van der Waals surface area contributed by atoms with Crippen molar-refractivity contribution in [2.45, 2.75) is 26.2 Å². The number of H-pyrrole nitrogens is 1. The molecule has 0 spiro atoms. The van der Waals surface area contributed by atoms with Crippen molar-refractivity contribution in [2.24, 2.45) is 0 Å². The van der Waals surface area contributed by atoms with E-state index in [9.17, 15) is 4.79 Å². The second-order valence-electron chi connectivity index (χ2n) is 4.85. The molecule has 0 fully saturated rings. The molecule has 20 heavy (non-hydrogen) atoms. The van der Waals surface area contributed by atoms with E-state index >= 15 is 0 Å². The van der Waals surface area contributed by atoms with Gasteiger partial charge in [-0.15, -0.1) is 0 Å². The van der Waals surface area contributed by atoms with Crippen LogP contribution in [-0.4, -0.2) is 30.6 Å².